The van der Waals surface area contributed by atoms with Gasteiger partial charge >= 0.3 is 0 Å². The highest BCUT2D eigenvalue weighted by Gasteiger charge is 2.36. The predicted octanol–water partition coefficient (Wildman–Crippen LogP) is 3.28. The Kier molecular flexibility index (Phi) is 4.28. The SMILES string of the molecule is Cc1cc(NC(=O)[C@@H]2CC(=O)N(c3cccc(Cl)c3Cl)C2)no1. The van der Waals surface area contributed by atoms with Crippen LogP contribution in [0.1, 0.15) is 12.2 Å². The lowest BCUT2D eigenvalue weighted by Crippen LogP contribution is -2.28. The van der Waals surface area contributed by atoms with Crippen LogP contribution in [-0.2, 0) is 9.59 Å². The summed E-state index contributed by atoms with van der Waals surface area (Å²) in [4.78, 5) is 26.0. The van der Waals surface area contributed by atoms with E-state index in [0.717, 1.165) is 0 Å². The summed E-state index contributed by atoms with van der Waals surface area (Å²) in [7, 11) is 0. The van der Waals surface area contributed by atoms with Gasteiger partial charge in [-0.2, -0.15) is 0 Å². The first-order valence-corrected chi connectivity index (χ1v) is 7.70. The molecule has 1 aliphatic heterocycles. The third kappa shape index (κ3) is 3.18. The molecule has 0 saturated carbocycles. The predicted molar refractivity (Wildman–Crippen MR) is 86.8 cm³/mol. The summed E-state index contributed by atoms with van der Waals surface area (Å²) < 4.78 is 4.89. The largest absolute Gasteiger partial charge is 0.360 e. The van der Waals surface area contributed by atoms with E-state index in [4.69, 9.17) is 27.7 Å². The summed E-state index contributed by atoms with van der Waals surface area (Å²) in [6.45, 7) is 1.96. The van der Waals surface area contributed by atoms with E-state index in [1.807, 2.05) is 0 Å². The first-order chi connectivity index (χ1) is 11.0. The molecule has 0 unspecified atom stereocenters. The first kappa shape index (κ1) is 15.8. The highest BCUT2D eigenvalue weighted by molar-refractivity contribution is 6.44. The van der Waals surface area contributed by atoms with Gasteiger partial charge in [0.1, 0.15) is 5.76 Å². The zero-order chi connectivity index (χ0) is 16.6. The van der Waals surface area contributed by atoms with Crippen LogP contribution in [0.3, 0.4) is 0 Å². The number of amides is 2. The second kappa shape index (κ2) is 6.22. The number of hydrogen-bond acceptors (Lipinski definition) is 4. The van der Waals surface area contributed by atoms with E-state index in [1.54, 1.807) is 31.2 Å². The first-order valence-electron chi connectivity index (χ1n) is 6.94. The van der Waals surface area contributed by atoms with Gasteiger partial charge in [0, 0.05) is 19.0 Å². The third-order valence-electron chi connectivity index (χ3n) is 3.60. The maximum atomic E-state index is 12.3. The number of carbonyl (C=O) groups excluding carboxylic acids is 2. The van der Waals surface area contributed by atoms with Crippen molar-refractivity contribution in [1.82, 2.24) is 5.16 Å². The van der Waals surface area contributed by atoms with Crippen LogP contribution in [-0.4, -0.2) is 23.5 Å². The molecule has 2 aromatic rings. The summed E-state index contributed by atoms with van der Waals surface area (Å²) in [6, 6.07) is 6.67. The lowest BCUT2D eigenvalue weighted by Gasteiger charge is -2.18. The Bertz CT molecular complexity index is 775. The van der Waals surface area contributed by atoms with Crippen molar-refractivity contribution in [3.63, 3.8) is 0 Å². The van der Waals surface area contributed by atoms with Crippen LogP contribution in [0, 0.1) is 12.8 Å². The van der Waals surface area contributed by atoms with Crippen LogP contribution < -0.4 is 10.2 Å². The van der Waals surface area contributed by atoms with Crippen LogP contribution in [0.2, 0.25) is 10.0 Å². The molecule has 0 radical (unpaired) electrons. The lowest BCUT2D eigenvalue weighted by atomic mass is 10.1. The van der Waals surface area contributed by atoms with Crippen molar-refractivity contribution in [2.75, 3.05) is 16.8 Å². The highest BCUT2D eigenvalue weighted by Crippen LogP contribution is 2.35. The number of nitrogens with zero attached hydrogens (tertiary/aromatic N) is 2. The van der Waals surface area contributed by atoms with Gasteiger partial charge in [-0.25, -0.2) is 0 Å². The molecule has 1 N–H and O–H groups in total. The molecule has 1 fully saturated rings. The van der Waals surface area contributed by atoms with Gasteiger partial charge in [-0.1, -0.05) is 34.4 Å². The second-order valence-corrected chi connectivity index (χ2v) is 6.08. The van der Waals surface area contributed by atoms with Crippen LogP contribution in [0.15, 0.2) is 28.8 Å². The van der Waals surface area contributed by atoms with E-state index in [-0.39, 0.29) is 24.8 Å². The number of halogens is 2. The summed E-state index contributed by atoms with van der Waals surface area (Å²) in [5, 5.41) is 7.01. The maximum absolute atomic E-state index is 12.3. The molecule has 1 aromatic carbocycles. The maximum Gasteiger partial charge on any atom is 0.231 e. The Balaban J connectivity index is 1.74. The standard InChI is InChI=1S/C15H13Cl2N3O3/c1-8-5-12(19-23-8)18-15(22)9-6-13(21)20(7-9)11-4-2-3-10(16)14(11)17/h2-5,9H,6-7H2,1H3,(H,18,19,22)/t9-/m1/s1. The topological polar surface area (TPSA) is 75.4 Å². The number of aryl methyl sites for hydroxylation is 1. The van der Waals surface area contributed by atoms with E-state index >= 15 is 0 Å². The van der Waals surface area contributed by atoms with E-state index < -0.39 is 5.92 Å². The van der Waals surface area contributed by atoms with Gasteiger partial charge in [0.15, 0.2) is 5.82 Å². The van der Waals surface area contributed by atoms with Crippen LogP contribution in [0.4, 0.5) is 11.5 Å². The number of benzene rings is 1. The van der Waals surface area contributed by atoms with Crippen molar-refractivity contribution < 1.29 is 14.1 Å². The fraction of sp³-hybridized carbons (Fsp3) is 0.267. The number of carbonyl (C=O) groups is 2. The lowest BCUT2D eigenvalue weighted by molar-refractivity contribution is -0.122. The molecular weight excluding hydrogens is 341 g/mol. The van der Waals surface area contributed by atoms with Gasteiger partial charge in [0.05, 0.1) is 21.7 Å². The average Bonchev–Trinajstić information content (AvgIpc) is 3.08. The molecule has 1 aliphatic rings. The van der Waals surface area contributed by atoms with Gasteiger partial charge in [-0.05, 0) is 19.1 Å². The van der Waals surface area contributed by atoms with Crippen molar-refractivity contribution in [2.45, 2.75) is 13.3 Å². The molecule has 0 aliphatic carbocycles. The highest BCUT2D eigenvalue weighted by atomic mass is 35.5. The molecule has 120 valence electrons. The van der Waals surface area contributed by atoms with Gasteiger partial charge in [0.25, 0.3) is 0 Å². The van der Waals surface area contributed by atoms with E-state index in [9.17, 15) is 9.59 Å². The van der Waals surface area contributed by atoms with Gasteiger partial charge in [-0.15, -0.1) is 0 Å². The van der Waals surface area contributed by atoms with Gasteiger partial charge < -0.3 is 14.7 Å². The third-order valence-corrected chi connectivity index (χ3v) is 4.41. The summed E-state index contributed by atoms with van der Waals surface area (Å²) in [6.07, 6.45) is 0.103. The van der Waals surface area contributed by atoms with Crippen LogP contribution >= 0.6 is 23.2 Å². The summed E-state index contributed by atoms with van der Waals surface area (Å²) >= 11 is 12.1. The number of nitrogens with one attached hydrogen (secondary N) is 1. The Morgan fingerprint density at radius 1 is 1.43 bits per heavy atom. The molecule has 23 heavy (non-hydrogen) atoms. The van der Waals surface area contributed by atoms with Gasteiger partial charge in [0.2, 0.25) is 11.8 Å². The second-order valence-electron chi connectivity index (χ2n) is 5.29. The van der Waals surface area contributed by atoms with Crippen LogP contribution in [0.5, 0.6) is 0 Å². The van der Waals surface area contributed by atoms with Crippen molar-refractivity contribution in [1.29, 1.82) is 0 Å². The zero-order valence-electron chi connectivity index (χ0n) is 12.2. The van der Waals surface area contributed by atoms with E-state index in [2.05, 4.69) is 10.5 Å². The Hall–Kier alpha value is -2.05. The minimum absolute atomic E-state index is 0.103. The molecule has 2 amide bonds. The number of aromatic nitrogens is 1. The number of hydrogen-bond donors (Lipinski definition) is 1. The van der Waals surface area contributed by atoms with Crippen molar-refractivity contribution in [3.05, 3.63) is 40.1 Å². The molecule has 1 aromatic heterocycles. The fourth-order valence-electron chi connectivity index (χ4n) is 2.47. The van der Waals surface area contributed by atoms with Crippen molar-refractivity contribution >= 4 is 46.5 Å². The van der Waals surface area contributed by atoms with E-state index in [1.165, 1.54) is 4.90 Å². The number of anilines is 2. The van der Waals surface area contributed by atoms with Crippen molar-refractivity contribution in [3.8, 4) is 0 Å². The van der Waals surface area contributed by atoms with Crippen LogP contribution in [0.25, 0.3) is 0 Å². The normalized spacial score (nSPS) is 17.6. The molecular formula is C15H13Cl2N3O3. The zero-order valence-corrected chi connectivity index (χ0v) is 13.7. The minimum atomic E-state index is -0.491. The molecule has 1 saturated heterocycles. The molecule has 2 heterocycles. The molecule has 3 rings (SSSR count). The van der Waals surface area contributed by atoms with Gasteiger partial charge in [-0.3, -0.25) is 9.59 Å². The Morgan fingerprint density at radius 3 is 2.91 bits per heavy atom. The smallest absolute Gasteiger partial charge is 0.231 e. The van der Waals surface area contributed by atoms with E-state index in [0.29, 0.717) is 27.3 Å². The summed E-state index contributed by atoms with van der Waals surface area (Å²) in [5.41, 5.74) is 0.511. The number of rotatable bonds is 3. The quantitative estimate of drug-likeness (QED) is 0.918. The molecule has 8 heteroatoms. The average molecular weight is 354 g/mol. The molecule has 0 spiro atoms. The summed E-state index contributed by atoms with van der Waals surface area (Å²) in [5.74, 6) is -0.0261. The minimum Gasteiger partial charge on any atom is -0.360 e. The Labute approximate surface area is 142 Å². The van der Waals surface area contributed by atoms with Crippen molar-refractivity contribution in [2.24, 2.45) is 5.92 Å². The Morgan fingerprint density at radius 2 is 2.22 bits per heavy atom. The molecule has 1 atom stereocenters. The fourth-order valence-corrected chi connectivity index (χ4v) is 2.87. The monoisotopic (exact) mass is 353 g/mol. The molecule has 6 nitrogen and oxygen atoms in total. The molecule has 0 bridgehead atoms.